The Morgan fingerprint density at radius 1 is 1.00 bits per heavy atom. The topological polar surface area (TPSA) is 60.4 Å². The average molecular weight is 302 g/mol. The largest absolute Gasteiger partial charge is 0.465 e. The van der Waals surface area contributed by atoms with Gasteiger partial charge in [0.25, 0.3) is 0 Å². The van der Waals surface area contributed by atoms with E-state index in [9.17, 15) is 13.2 Å². The number of benzene rings is 2. The standard InChI is InChI=1S/C16H14O4S/c1-20-16(17)14-7-9-15(10-8-14)21(18,19)12-11-13-5-3-2-4-6-13/h2-12H,1H3/b12-11+. The molecule has 0 fully saturated rings. The molecule has 0 spiro atoms. The maximum absolute atomic E-state index is 12.2. The van der Waals surface area contributed by atoms with Crippen molar-refractivity contribution in [3.05, 3.63) is 71.1 Å². The van der Waals surface area contributed by atoms with E-state index < -0.39 is 15.8 Å². The molecule has 0 saturated carbocycles. The zero-order valence-electron chi connectivity index (χ0n) is 11.4. The second-order valence-electron chi connectivity index (χ2n) is 4.27. The van der Waals surface area contributed by atoms with Crippen molar-refractivity contribution in [1.82, 2.24) is 0 Å². The van der Waals surface area contributed by atoms with Crippen LogP contribution >= 0.6 is 0 Å². The van der Waals surface area contributed by atoms with Crippen LogP contribution in [-0.2, 0) is 14.6 Å². The number of sulfone groups is 1. The molecule has 108 valence electrons. The zero-order chi connectivity index (χ0) is 15.3. The van der Waals surface area contributed by atoms with Crippen molar-refractivity contribution in [2.45, 2.75) is 4.90 Å². The molecule has 5 heteroatoms. The van der Waals surface area contributed by atoms with E-state index in [1.165, 1.54) is 37.5 Å². The van der Waals surface area contributed by atoms with Crippen molar-refractivity contribution in [3.8, 4) is 0 Å². The Morgan fingerprint density at radius 3 is 2.19 bits per heavy atom. The van der Waals surface area contributed by atoms with Crippen LogP contribution in [0.15, 0.2) is 64.9 Å². The van der Waals surface area contributed by atoms with Crippen molar-refractivity contribution < 1.29 is 17.9 Å². The molecule has 0 unspecified atom stereocenters. The molecule has 4 nitrogen and oxygen atoms in total. The molecule has 0 saturated heterocycles. The van der Waals surface area contributed by atoms with E-state index in [4.69, 9.17) is 0 Å². The lowest BCUT2D eigenvalue weighted by molar-refractivity contribution is 0.0600. The predicted molar refractivity (Wildman–Crippen MR) is 80.4 cm³/mol. The molecule has 0 amide bonds. The van der Waals surface area contributed by atoms with Crippen LogP contribution in [0.2, 0.25) is 0 Å². The smallest absolute Gasteiger partial charge is 0.337 e. The van der Waals surface area contributed by atoms with Crippen LogP contribution in [0.4, 0.5) is 0 Å². The SMILES string of the molecule is COC(=O)c1ccc(S(=O)(=O)/C=C/c2ccccc2)cc1. The van der Waals surface area contributed by atoms with Gasteiger partial charge in [0.2, 0.25) is 0 Å². The summed E-state index contributed by atoms with van der Waals surface area (Å²) in [6.45, 7) is 0. The molecule has 0 atom stereocenters. The summed E-state index contributed by atoms with van der Waals surface area (Å²) >= 11 is 0. The highest BCUT2D eigenvalue weighted by Crippen LogP contribution is 2.15. The minimum Gasteiger partial charge on any atom is -0.465 e. The lowest BCUT2D eigenvalue weighted by atomic mass is 10.2. The Kier molecular flexibility index (Phi) is 4.55. The van der Waals surface area contributed by atoms with Crippen molar-refractivity contribution in [2.75, 3.05) is 7.11 Å². The van der Waals surface area contributed by atoms with Gasteiger partial charge in [0.05, 0.1) is 17.6 Å². The summed E-state index contributed by atoms with van der Waals surface area (Å²) in [7, 11) is -2.27. The van der Waals surface area contributed by atoms with Gasteiger partial charge in [-0.1, -0.05) is 30.3 Å². The predicted octanol–water partition coefficient (Wildman–Crippen LogP) is 2.92. The van der Waals surface area contributed by atoms with Crippen LogP contribution in [0.1, 0.15) is 15.9 Å². The number of hydrogen-bond acceptors (Lipinski definition) is 4. The third-order valence-electron chi connectivity index (χ3n) is 2.84. The molecule has 2 aromatic rings. The quantitative estimate of drug-likeness (QED) is 0.815. The lowest BCUT2D eigenvalue weighted by Gasteiger charge is -2.02. The molecule has 0 radical (unpaired) electrons. The normalized spacial score (nSPS) is 11.5. The van der Waals surface area contributed by atoms with Crippen LogP contribution in [-0.4, -0.2) is 21.5 Å². The molecule has 0 aliphatic carbocycles. The number of hydrogen-bond donors (Lipinski definition) is 0. The van der Waals surface area contributed by atoms with Crippen molar-refractivity contribution >= 4 is 21.9 Å². The molecule has 0 heterocycles. The van der Waals surface area contributed by atoms with Crippen LogP contribution in [0, 0.1) is 0 Å². The highest BCUT2D eigenvalue weighted by atomic mass is 32.2. The maximum atomic E-state index is 12.2. The Hall–Kier alpha value is -2.40. The fourth-order valence-electron chi connectivity index (χ4n) is 1.71. The van der Waals surface area contributed by atoms with Crippen molar-refractivity contribution in [3.63, 3.8) is 0 Å². The monoisotopic (exact) mass is 302 g/mol. The van der Waals surface area contributed by atoms with Crippen LogP contribution in [0.5, 0.6) is 0 Å². The molecular weight excluding hydrogens is 288 g/mol. The molecule has 2 aromatic carbocycles. The first-order valence-electron chi connectivity index (χ1n) is 6.19. The lowest BCUT2D eigenvalue weighted by Crippen LogP contribution is -2.02. The summed E-state index contributed by atoms with van der Waals surface area (Å²) in [5, 5.41) is 1.15. The molecule has 0 aromatic heterocycles. The number of carbonyl (C=O) groups excluding carboxylic acids is 1. The Morgan fingerprint density at radius 2 is 1.62 bits per heavy atom. The fourth-order valence-corrected chi connectivity index (χ4v) is 2.72. The summed E-state index contributed by atoms with van der Waals surface area (Å²) in [6, 6.07) is 14.8. The van der Waals surface area contributed by atoms with Crippen molar-refractivity contribution in [2.24, 2.45) is 0 Å². The van der Waals surface area contributed by atoms with Gasteiger partial charge in [-0.15, -0.1) is 0 Å². The molecule has 2 rings (SSSR count). The van der Waals surface area contributed by atoms with Gasteiger partial charge in [0, 0.05) is 5.41 Å². The van der Waals surface area contributed by atoms with Crippen LogP contribution in [0.3, 0.4) is 0 Å². The van der Waals surface area contributed by atoms with E-state index in [0.29, 0.717) is 5.56 Å². The first-order valence-corrected chi connectivity index (χ1v) is 7.74. The van der Waals surface area contributed by atoms with Gasteiger partial charge in [-0.25, -0.2) is 13.2 Å². The number of methoxy groups -OCH3 is 1. The third-order valence-corrected chi connectivity index (χ3v) is 4.27. The van der Waals surface area contributed by atoms with Crippen molar-refractivity contribution in [1.29, 1.82) is 0 Å². The minimum absolute atomic E-state index is 0.127. The first-order chi connectivity index (χ1) is 10.0. The molecular formula is C16H14O4S. The van der Waals surface area contributed by atoms with Gasteiger partial charge in [-0.3, -0.25) is 0 Å². The average Bonchev–Trinajstić information content (AvgIpc) is 2.53. The summed E-state index contributed by atoms with van der Waals surface area (Å²) < 4.78 is 28.9. The van der Waals surface area contributed by atoms with Gasteiger partial charge in [-0.2, -0.15) is 0 Å². The summed E-state index contributed by atoms with van der Waals surface area (Å²) in [5.74, 6) is -0.501. The highest BCUT2D eigenvalue weighted by Gasteiger charge is 2.12. The number of rotatable bonds is 4. The Labute approximate surface area is 123 Å². The van der Waals surface area contributed by atoms with Gasteiger partial charge < -0.3 is 4.74 Å². The van der Waals surface area contributed by atoms with Gasteiger partial charge in [0.15, 0.2) is 9.84 Å². The Bertz CT molecular complexity index is 745. The highest BCUT2D eigenvalue weighted by molar-refractivity contribution is 7.94. The Balaban J connectivity index is 2.24. The number of esters is 1. The van der Waals surface area contributed by atoms with Crippen LogP contribution in [0.25, 0.3) is 6.08 Å². The maximum Gasteiger partial charge on any atom is 0.337 e. The van der Waals surface area contributed by atoms with E-state index in [2.05, 4.69) is 4.74 Å². The van der Waals surface area contributed by atoms with Gasteiger partial charge in [-0.05, 0) is 35.9 Å². The summed E-state index contributed by atoms with van der Waals surface area (Å²) in [4.78, 5) is 11.4. The summed E-state index contributed by atoms with van der Waals surface area (Å²) in [6.07, 6.45) is 1.53. The fraction of sp³-hybridized carbons (Fsp3) is 0.0625. The number of carbonyl (C=O) groups is 1. The first kappa shape index (κ1) is 15.0. The molecule has 0 aliphatic rings. The third kappa shape index (κ3) is 3.79. The minimum atomic E-state index is -3.54. The second-order valence-corrected chi connectivity index (χ2v) is 6.11. The van der Waals surface area contributed by atoms with E-state index >= 15 is 0 Å². The zero-order valence-corrected chi connectivity index (χ0v) is 12.2. The van der Waals surface area contributed by atoms with E-state index in [1.54, 1.807) is 0 Å². The van der Waals surface area contributed by atoms with E-state index in [1.807, 2.05) is 30.3 Å². The van der Waals surface area contributed by atoms with Gasteiger partial charge >= 0.3 is 5.97 Å². The number of ether oxygens (including phenoxy) is 1. The van der Waals surface area contributed by atoms with E-state index in [-0.39, 0.29) is 4.90 Å². The second kappa shape index (κ2) is 6.37. The molecule has 0 N–H and O–H groups in total. The molecule has 21 heavy (non-hydrogen) atoms. The van der Waals surface area contributed by atoms with Gasteiger partial charge in [0.1, 0.15) is 0 Å². The van der Waals surface area contributed by atoms with E-state index in [0.717, 1.165) is 11.0 Å². The molecule has 0 bridgehead atoms. The van der Waals surface area contributed by atoms with Crippen LogP contribution < -0.4 is 0 Å². The molecule has 0 aliphatic heterocycles. The summed E-state index contributed by atoms with van der Waals surface area (Å²) in [5.41, 5.74) is 1.11.